The van der Waals surface area contributed by atoms with Gasteiger partial charge < -0.3 is 5.32 Å². The third-order valence-corrected chi connectivity index (χ3v) is 3.84. The standard InChI is InChI=1S/C12H15Cl2N/c1-9-2-3-10(11(14)6-9)7-15-12(8-13)4-5-12/h2-3,6,15H,4-5,7-8H2,1H3. The lowest BCUT2D eigenvalue weighted by Gasteiger charge is -2.14. The fourth-order valence-corrected chi connectivity index (χ4v) is 2.25. The number of benzene rings is 1. The van der Waals surface area contributed by atoms with Crippen LogP contribution in [-0.4, -0.2) is 11.4 Å². The van der Waals surface area contributed by atoms with Gasteiger partial charge in [-0.15, -0.1) is 11.6 Å². The fourth-order valence-electron chi connectivity index (χ4n) is 1.59. The molecule has 0 unspecified atom stereocenters. The van der Waals surface area contributed by atoms with E-state index < -0.39 is 0 Å². The van der Waals surface area contributed by atoms with Gasteiger partial charge in [-0.05, 0) is 37.0 Å². The molecule has 1 nitrogen and oxygen atoms in total. The van der Waals surface area contributed by atoms with Gasteiger partial charge in [0.05, 0.1) is 0 Å². The van der Waals surface area contributed by atoms with Gasteiger partial charge in [0, 0.05) is 23.0 Å². The topological polar surface area (TPSA) is 12.0 Å². The molecule has 0 atom stereocenters. The fraction of sp³-hybridized carbons (Fsp3) is 0.500. The van der Waals surface area contributed by atoms with Crippen LogP contribution in [0.1, 0.15) is 24.0 Å². The Morgan fingerprint density at radius 3 is 2.67 bits per heavy atom. The molecule has 3 heteroatoms. The molecule has 2 rings (SSSR count). The minimum atomic E-state index is 0.190. The molecule has 82 valence electrons. The third-order valence-electron chi connectivity index (χ3n) is 2.97. The smallest absolute Gasteiger partial charge is 0.0453 e. The first-order valence-electron chi connectivity index (χ1n) is 5.21. The van der Waals surface area contributed by atoms with Crippen molar-refractivity contribution in [3.63, 3.8) is 0 Å². The average Bonchev–Trinajstić information content (AvgIpc) is 2.97. The van der Waals surface area contributed by atoms with E-state index in [1.54, 1.807) is 0 Å². The predicted molar refractivity (Wildman–Crippen MR) is 65.7 cm³/mol. The molecule has 1 N–H and O–H groups in total. The van der Waals surface area contributed by atoms with Crippen molar-refractivity contribution >= 4 is 23.2 Å². The minimum Gasteiger partial charge on any atom is -0.306 e. The maximum Gasteiger partial charge on any atom is 0.0453 e. The van der Waals surface area contributed by atoms with Crippen molar-refractivity contribution in [1.82, 2.24) is 5.32 Å². The van der Waals surface area contributed by atoms with Crippen LogP contribution in [0, 0.1) is 6.92 Å². The van der Waals surface area contributed by atoms with E-state index in [9.17, 15) is 0 Å². The van der Waals surface area contributed by atoms with Crippen LogP contribution in [0.3, 0.4) is 0 Å². The Labute approximate surface area is 101 Å². The largest absolute Gasteiger partial charge is 0.306 e. The SMILES string of the molecule is Cc1ccc(CNC2(CCl)CC2)c(Cl)c1. The summed E-state index contributed by atoms with van der Waals surface area (Å²) in [5.41, 5.74) is 2.54. The summed E-state index contributed by atoms with van der Waals surface area (Å²) in [5, 5.41) is 4.32. The first-order chi connectivity index (χ1) is 7.15. The van der Waals surface area contributed by atoms with Crippen LogP contribution in [0.2, 0.25) is 5.02 Å². The molecule has 0 heterocycles. The van der Waals surface area contributed by atoms with E-state index in [-0.39, 0.29) is 5.54 Å². The molecule has 0 aromatic heterocycles. The van der Waals surface area contributed by atoms with Gasteiger partial charge in [0.1, 0.15) is 0 Å². The lowest BCUT2D eigenvalue weighted by atomic mass is 10.1. The summed E-state index contributed by atoms with van der Waals surface area (Å²) in [6.45, 7) is 2.86. The Morgan fingerprint density at radius 1 is 1.40 bits per heavy atom. The first-order valence-corrected chi connectivity index (χ1v) is 6.12. The molecule has 15 heavy (non-hydrogen) atoms. The highest BCUT2D eigenvalue weighted by atomic mass is 35.5. The molecule has 1 aliphatic carbocycles. The maximum atomic E-state index is 6.15. The van der Waals surface area contributed by atoms with E-state index in [1.807, 2.05) is 13.0 Å². The highest BCUT2D eigenvalue weighted by molar-refractivity contribution is 6.31. The van der Waals surface area contributed by atoms with Crippen LogP contribution >= 0.6 is 23.2 Å². The average molecular weight is 244 g/mol. The second-order valence-electron chi connectivity index (χ2n) is 4.36. The van der Waals surface area contributed by atoms with Crippen molar-refractivity contribution in [2.45, 2.75) is 31.8 Å². The number of alkyl halides is 1. The molecule has 1 aromatic carbocycles. The summed E-state index contributed by atoms with van der Waals surface area (Å²) in [4.78, 5) is 0. The molecule has 1 aliphatic rings. The molecule has 1 aromatic rings. The van der Waals surface area contributed by atoms with Crippen molar-refractivity contribution in [1.29, 1.82) is 0 Å². The van der Waals surface area contributed by atoms with Gasteiger partial charge >= 0.3 is 0 Å². The van der Waals surface area contributed by atoms with Gasteiger partial charge in [0.15, 0.2) is 0 Å². The molecule has 0 bridgehead atoms. The van der Waals surface area contributed by atoms with E-state index in [4.69, 9.17) is 23.2 Å². The van der Waals surface area contributed by atoms with Crippen LogP contribution in [0.4, 0.5) is 0 Å². The Balaban J connectivity index is 1.99. The molecule has 0 radical (unpaired) electrons. The molecule has 0 saturated heterocycles. The summed E-state index contributed by atoms with van der Waals surface area (Å²) < 4.78 is 0. The monoisotopic (exact) mass is 243 g/mol. The minimum absolute atomic E-state index is 0.190. The first kappa shape index (κ1) is 11.3. The van der Waals surface area contributed by atoms with Crippen LogP contribution in [0.25, 0.3) is 0 Å². The Bertz CT molecular complexity index is 359. The van der Waals surface area contributed by atoms with Crippen LogP contribution < -0.4 is 5.32 Å². The zero-order chi connectivity index (χ0) is 10.9. The predicted octanol–water partition coefficient (Wildman–Crippen LogP) is 3.51. The number of rotatable bonds is 4. The Kier molecular flexibility index (Phi) is 3.24. The molecule has 0 amide bonds. The van der Waals surface area contributed by atoms with Crippen molar-refractivity contribution in [2.75, 3.05) is 5.88 Å². The van der Waals surface area contributed by atoms with E-state index in [2.05, 4.69) is 17.4 Å². The number of halogens is 2. The van der Waals surface area contributed by atoms with Crippen molar-refractivity contribution in [2.24, 2.45) is 0 Å². The Morgan fingerprint density at radius 2 is 2.13 bits per heavy atom. The lowest BCUT2D eigenvalue weighted by Crippen LogP contribution is -2.32. The van der Waals surface area contributed by atoms with Crippen molar-refractivity contribution < 1.29 is 0 Å². The molecular formula is C12H15Cl2N. The highest BCUT2D eigenvalue weighted by Crippen LogP contribution is 2.36. The normalized spacial score (nSPS) is 17.8. The van der Waals surface area contributed by atoms with Gasteiger partial charge in [-0.2, -0.15) is 0 Å². The second kappa shape index (κ2) is 4.32. The van der Waals surface area contributed by atoms with Gasteiger partial charge in [-0.3, -0.25) is 0 Å². The van der Waals surface area contributed by atoms with E-state index >= 15 is 0 Å². The molecule has 0 aliphatic heterocycles. The van der Waals surface area contributed by atoms with E-state index in [1.165, 1.54) is 18.4 Å². The third kappa shape index (κ3) is 2.66. The van der Waals surface area contributed by atoms with Gasteiger partial charge in [-0.1, -0.05) is 23.7 Å². The summed E-state index contributed by atoms with van der Waals surface area (Å²) >= 11 is 12.0. The summed E-state index contributed by atoms with van der Waals surface area (Å²) in [6, 6.07) is 6.16. The highest BCUT2D eigenvalue weighted by Gasteiger charge is 2.41. The van der Waals surface area contributed by atoms with Crippen LogP contribution in [0.15, 0.2) is 18.2 Å². The van der Waals surface area contributed by atoms with Crippen LogP contribution in [0.5, 0.6) is 0 Å². The van der Waals surface area contributed by atoms with Gasteiger partial charge in [0.25, 0.3) is 0 Å². The maximum absolute atomic E-state index is 6.15. The van der Waals surface area contributed by atoms with E-state index in [0.717, 1.165) is 17.1 Å². The van der Waals surface area contributed by atoms with Gasteiger partial charge in [-0.25, -0.2) is 0 Å². The van der Waals surface area contributed by atoms with Crippen LogP contribution in [-0.2, 0) is 6.54 Å². The van der Waals surface area contributed by atoms with Gasteiger partial charge in [0.2, 0.25) is 0 Å². The molecule has 1 saturated carbocycles. The number of aryl methyl sites for hydroxylation is 1. The second-order valence-corrected chi connectivity index (χ2v) is 5.04. The molecular weight excluding hydrogens is 229 g/mol. The van der Waals surface area contributed by atoms with E-state index in [0.29, 0.717) is 5.88 Å². The summed E-state index contributed by atoms with van der Waals surface area (Å²) in [5.74, 6) is 0.691. The lowest BCUT2D eigenvalue weighted by molar-refractivity contribution is 0.543. The zero-order valence-corrected chi connectivity index (χ0v) is 10.3. The van der Waals surface area contributed by atoms with Crippen molar-refractivity contribution in [3.8, 4) is 0 Å². The molecule has 1 fully saturated rings. The van der Waals surface area contributed by atoms with Crippen molar-refractivity contribution in [3.05, 3.63) is 34.3 Å². The molecule has 0 spiro atoms. The summed E-state index contributed by atoms with van der Waals surface area (Å²) in [7, 11) is 0. The number of nitrogens with one attached hydrogen (secondary N) is 1. The quantitative estimate of drug-likeness (QED) is 0.799. The Hall–Kier alpha value is -0.240. The summed E-state index contributed by atoms with van der Waals surface area (Å²) in [6.07, 6.45) is 2.36. The zero-order valence-electron chi connectivity index (χ0n) is 8.82. The number of hydrogen-bond donors (Lipinski definition) is 1. The number of hydrogen-bond acceptors (Lipinski definition) is 1.